The number of nitrogens with one attached hydrogen (secondary N) is 1. The SMILES string of the molecule is COc1cc(-c2cccc3[nH]c(-c4ccc(C#N)cc4)nc23)cc(OC)c1OC. The number of nitriles is 1. The van der Waals surface area contributed by atoms with Crippen molar-refractivity contribution in [3.8, 4) is 45.8 Å². The maximum absolute atomic E-state index is 9.00. The maximum Gasteiger partial charge on any atom is 0.203 e. The highest BCUT2D eigenvalue weighted by Gasteiger charge is 2.17. The summed E-state index contributed by atoms with van der Waals surface area (Å²) in [6.45, 7) is 0. The van der Waals surface area contributed by atoms with Crippen molar-refractivity contribution in [1.82, 2.24) is 9.97 Å². The number of ether oxygens (including phenoxy) is 3. The van der Waals surface area contributed by atoms with Crippen molar-refractivity contribution >= 4 is 11.0 Å². The first-order valence-electron chi connectivity index (χ1n) is 8.98. The third kappa shape index (κ3) is 3.23. The summed E-state index contributed by atoms with van der Waals surface area (Å²) in [5, 5.41) is 9.00. The Labute approximate surface area is 168 Å². The predicted octanol–water partition coefficient (Wildman–Crippen LogP) is 4.79. The average Bonchev–Trinajstić information content (AvgIpc) is 3.22. The van der Waals surface area contributed by atoms with Crippen LogP contribution >= 0.6 is 0 Å². The normalized spacial score (nSPS) is 10.6. The predicted molar refractivity (Wildman–Crippen MR) is 111 cm³/mol. The van der Waals surface area contributed by atoms with Crippen LogP contribution in [0.3, 0.4) is 0 Å². The van der Waals surface area contributed by atoms with Crippen LogP contribution in [0.1, 0.15) is 5.56 Å². The number of fused-ring (bicyclic) bond motifs is 1. The number of para-hydroxylation sites is 1. The van der Waals surface area contributed by atoms with E-state index in [0.717, 1.165) is 33.5 Å². The van der Waals surface area contributed by atoms with Crippen LogP contribution in [0, 0.1) is 11.3 Å². The van der Waals surface area contributed by atoms with Crippen LogP contribution in [0.4, 0.5) is 0 Å². The Morgan fingerprint density at radius 1 is 0.862 bits per heavy atom. The van der Waals surface area contributed by atoms with Crippen molar-refractivity contribution in [3.63, 3.8) is 0 Å². The quantitative estimate of drug-likeness (QED) is 0.534. The molecule has 0 bridgehead atoms. The van der Waals surface area contributed by atoms with Crippen LogP contribution in [0.2, 0.25) is 0 Å². The Morgan fingerprint density at radius 3 is 2.14 bits per heavy atom. The smallest absolute Gasteiger partial charge is 0.203 e. The van der Waals surface area contributed by atoms with Gasteiger partial charge in [-0.25, -0.2) is 4.98 Å². The highest BCUT2D eigenvalue weighted by molar-refractivity contribution is 5.94. The van der Waals surface area contributed by atoms with E-state index in [2.05, 4.69) is 11.1 Å². The second-order valence-electron chi connectivity index (χ2n) is 6.39. The van der Waals surface area contributed by atoms with E-state index in [1.165, 1.54) is 0 Å². The van der Waals surface area contributed by atoms with E-state index in [9.17, 15) is 0 Å². The summed E-state index contributed by atoms with van der Waals surface area (Å²) in [5.74, 6) is 2.46. The molecule has 0 amide bonds. The zero-order valence-corrected chi connectivity index (χ0v) is 16.3. The van der Waals surface area contributed by atoms with Gasteiger partial charge < -0.3 is 19.2 Å². The molecule has 0 saturated heterocycles. The van der Waals surface area contributed by atoms with Crippen molar-refractivity contribution in [2.24, 2.45) is 0 Å². The van der Waals surface area contributed by atoms with Crippen LogP contribution in [0.25, 0.3) is 33.5 Å². The first kappa shape index (κ1) is 18.4. The zero-order chi connectivity index (χ0) is 20.4. The number of hydrogen-bond acceptors (Lipinski definition) is 5. The third-order valence-corrected chi connectivity index (χ3v) is 4.78. The molecule has 0 radical (unpaired) electrons. The van der Waals surface area contributed by atoms with Crippen LogP contribution in [0.5, 0.6) is 17.2 Å². The number of methoxy groups -OCH3 is 3. The van der Waals surface area contributed by atoms with E-state index in [1.54, 1.807) is 33.5 Å². The molecular formula is C23H19N3O3. The molecule has 0 atom stereocenters. The molecule has 0 aliphatic rings. The lowest BCUT2D eigenvalue weighted by molar-refractivity contribution is 0.324. The van der Waals surface area contributed by atoms with E-state index in [4.69, 9.17) is 24.5 Å². The fraction of sp³-hybridized carbons (Fsp3) is 0.130. The summed E-state index contributed by atoms with van der Waals surface area (Å²) in [7, 11) is 4.77. The van der Waals surface area contributed by atoms with E-state index in [0.29, 0.717) is 22.8 Å². The number of H-pyrrole nitrogens is 1. The Morgan fingerprint density at radius 2 is 1.55 bits per heavy atom. The Balaban J connectivity index is 1.87. The minimum Gasteiger partial charge on any atom is -0.493 e. The topological polar surface area (TPSA) is 80.2 Å². The second-order valence-corrected chi connectivity index (χ2v) is 6.39. The lowest BCUT2D eigenvalue weighted by Crippen LogP contribution is -1.96. The van der Waals surface area contributed by atoms with Crippen molar-refractivity contribution in [3.05, 3.63) is 60.2 Å². The van der Waals surface area contributed by atoms with Gasteiger partial charge in [-0.3, -0.25) is 0 Å². The summed E-state index contributed by atoms with van der Waals surface area (Å²) in [6.07, 6.45) is 0. The Kier molecular flexibility index (Phi) is 4.80. The molecule has 4 aromatic rings. The van der Waals surface area contributed by atoms with Crippen LogP contribution in [-0.4, -0.2) is 31.3 Å². The summed E-state index contributed by atoms with van der Waals surface area (Å²) in [6, 6.07) is 19.2. The Hall–Kier alpha value is -3.98. The van der Waals surface area contributed by atoms with Gasteiger partial charge in [0.15, 0.2) is 11.5 Å². The van der Waals surface area contributed by atoms with Crippen molar-refractivity contribution in [2.45, 2.75) is 0 Å². The molecule has 1 N–H and O–H groups in total. The van der Waals surface area contributed by atoms with Gasteiger partial charge in [0.05, 0.1) is 44.0 Å². The van der Waals surface area contributed by atoms with E-state index in [1.807, 2.05) is 42.5 Å². The second kappa shape index (κ2) is 7.56. The first-order valence-corrected chi connectivity index (χ1v) is 8.98. The number of benzene rings is 3. The number of nitrogens with zero attached hydrogens (tertiary/aromatic N) is 2. The molecule has 0 saturated carbocycles. The number of rotatable bonds is 5. The maximum atomic E-state index is 9.00. The first-order chi connectivity index (χ1) is 14.2. The molecular weight excluding hydrogens is 366 g/mol. The molecule has 1 heterocycles. The van der Waals surface area contributed by atoms with Gasteiger partial charge in [-0.05, 0) is 48.0 Å². The van der Waals surface area contributed by atoms with Gasteiger partial charge in [-0.1, -0.05) is 12.1 Å². The van der Waals surface area contributed by atoms with Gasteiger partial charge >= 0.3 is 0 Å². The molecule has 6 nitrogen and oxygen atoms in total. The highest BCUT2D eigenvalue weighted by Crippen LogP contribution is 2.42. The van der Waals surface area contributed by atoms with Gasteiger partial charge in [0.2, 0.25) is 5.75 Å². The number of imidazole rings is 1. The van der Waals surface area contributed by atoms with Gasteiger partial charge in [0.25, 0.3) is 0 Å². The molecule has 0 fully saturated rings. The molecule has 144 valence electrons. The summed E-state index contributed by atoms with van der Waals surface area (Å²) in [5.41, 5.74) is 5.12. The zero-order valence-electron chi connectivity index (χ0n) is 16.3. The molecule has 0 unspecified atom stereocenters. The molecule has 0 aliphatic heterocycles. The number of aromatic amines is 1. The number of aromatic nitrogens is 2. The monoisotopic (exact) mass is 385 g/mol. The van der Waals surface area contributed by atoms with Gasteiger partial charge in [-0.2, -0.15) is 5.26 Å². The van der Waals surface area contributed by atoms with E-state index in [-0.39, 0.29) is 0 Å². The minimum absolute atomic E-state index is 0.547. The van der Waals surface area contributed by atoms with Crippen molar-refractivity contribution < 1.29 is 14.2 Å². The third-order valence-electron chi connectivity index (χ3n) is 4.78. The van der Waals surface area contributed by atoms with Crippen molar-refractivity contribution in [2.75, 3.05) is 21.3 Å². The van der Waals surface area contributed by atoms with E-state index >= 15 is 0 Å². The van der Waals surface area contributed by atoms with Gasteiger partial charge in [0.1, 0.15) is 5.82 Å². The summed E-state index contributed by atoms with van der Waals surface area (Å²) in [4.78, 5) is 8.18. The molecule has 4 rings (SSSR count). The van der Waals surface area contributed by atoms with Crippen molar-refractivity contribution in [1.29, 1.82) is 5.26 Å². The lowest BCUT2D eigenvalue weighted by Gasteiger charge is -2.14. The molecule has 0 spiro atoms. The molecule has 0 aliphatic carbocycles. The van der Waals surface area contributed by atoms with Crippen LogP contribution < -0.4 is 14.2 Å². The largest absolute Gasteiger partial charge is 0.493 e. The van der Waals surface area contributed by atoms with Crippen LogP contribution in [-0.2, 0) is 0 Å². The molecule has 1 aromatic heterocycles. The fourth-order valence-electron chi connectivity index (χ4n) is 3.34. The minimum atomic E-state index is 0.547. The van der Waals surface area contributed by atoms with Crippen LogP contribution in [0.15, 0.2) is 54.6 Å². The van der Waals surface area contributed by atoms with Gasteiger partial charge in [0, 0.05) is 11.1 Å². The fourth-order valence-corrected chi connectivity index (χ4v) is 3.34. The van der Waals surface area contributed by atoms with E-state index < -0.39 is 0 Å². The Bertz CT molecular complexity index is 1200. The molecule has 3 aromatic carbocycles. The summed E-state index contributed by atoms with van der Waals surface area (Å²) < 4.78 is 16.4. The highest BCUT2D eigenvalue weighted by atomic mass is 16.5. The average molecular weight is 385 g/mol. The molecule has 29 heavy (non-hydrogen) atoms. The summed E-state index contributed by atoms with van der Waals surface area (Å²) >= 11 is 0. The lowest BCUT2D eigenvalue weighted by atomic mass is 10.0. The number of hydrogen-bond donors (Lipinski definition) is 1. The van der Waals surface area contributed by atoms with Gasteiger partial charge in [-0.15, -0.1) is 0 Å². The standard InChI is InChI=1S/C23H19N3O3/c1-27-19-11-16(12-20(28-2)22(19)29-3)17-5-4-6-18-21(17)26-23(25-18)15-9-7-14(13-24)8-10-15/h4-12H,1-3H3,(H,25,26). The molecule has 6 heteroatoms.